The number of hydrogen-bond donors (Lipinski definition) is 2. The SMILES string of the molecule is CC1=C(C)C[C@@H](C(=O)Nc2nc(-c3ccc(C)cc3C)c(C)s2)[C@H](C(=O)O)C1. The smallest absolute Gasteiger partial charge is 0.307 e. The van der Waals surface area contributed by atoms with Crippen molar-refractivity contribution in [2.75, 3.05) is 5.32 Å². The molecule has 1 heterocycles. The van der Waals surface area contributed by atoms with Crippen LogP contribution in [0.15, 0.2) is 29.3 Å². The molecule has 0 radical (unpaired) electrons. The van der Waals surface area contributed by atoms with E-state index in [2.05, 4.69) is 42.3 Å². The summed E-state index contributed by atoms with van der Waals surface area (Å²) in [5.74, 6) is -2.45. The fraction of sp³-hybridized carbons (Fsp3) is 0.409. The van der Waals surface area contributed by atoms with Crippen molar-refractivity contribution in [2.45, 2.75) is 47.5 Å². The number of nitrogens with zero attached hydrogens (tertiary/aromatic N) is 1. The maximum Gasteiger partial charge on any atom is 0.307 e. The number of benzene rings is 1. The van der Waals surface area contributed by atoms with Crippen LogP contribution in [0.5, 0.6) is 0 Å². The number of carboxylic acids is 1. The normalized spacial score (nSPS) is 19.6. The molecule has 0 spiro atoms. The summed E-state index contributed by atoms with van der Waals surface area (Å²) in [4.78, 5) is 30.2. The minimum atomic E-state index is -0.918. The third-order valence-electron chi connectivity index (χ3n) is 5.58. The Morgan fingerprint density at radius 2 is 1.71 bits per heavy atom. The molecular weight excluding hydrogens is 372 g/mol. The molecule has 0 aliphatic heterocycles. The first kappa shape index (κ1) is 20.3. The van der Waals surface area contributed by atoms with Gasteiger partial charge in [-0.3, -0.25) is 9.59 Å². The summed E-state index contributed by atoms with van der Waals surface area (Å²) in [5.41, 5.74) is 6.42. The first-order valence-electron chi connectivity index (χ1n) is 9.41. The molecule has 1 aliphatic carbocycles. The second-order valence-corrected chi connectivity index (χ2v) is 8.95. The van der Waals surface area contributed by atoms with Gasteiger partial charge in [0.15, 0.2) is 5.13 Å². The Morgan fingerprint density at radius 3 is 2.32 bits per heavy atom. The lowest BCUT2D eigenvalue weighted by atomic mass is 9.76. The Hall–Kier alpha value is -2.47. The van der Waals surface area contributed by atoms with Gasteiger partial charge in [0.25, 0.3) is 0 Å². The van der Waals surface area contributed by atoms with Gasteiger partial charge in [0.05, 0.1) is 17.5 Å². The zero-order valence-corrected chi connectivity index (χ0v) is 17.7. The van der Waals surface area contributed by atoms with Crippen molar-refractivity contribution >= 4 is 28.3 Å². The van der Waals surface area contributed by atoms with Crippen molar-refractivity contribution in [1.29, 1.82) is 0 Å². The average Bonchev–Trinajstić information content (AvgIpc) is 2.96. The zero-order chi connectivity index (χ0) is 20.6. The minimum Gasteiger partial charge on any atom is -0.481 e. The molecule has 0 bridgehead atoms. The largest absolute Gasteiger partial charge is 0.481 e. The number of hydrogen-bond acceptors (Lipinski definition) is 4. The summed E-state index contributed by atoms with van der Waals surface area (Å²) in [6.45, 7) is 10.0. The molecule has 2 aromatic rings. The molecule has 3 rings (SSSR count). The van der Waals surface area contributed by atoms with Crippen LogP contribution in [0.4, 0.5) is 5.13 Å². The van der Waals surface area contributed by atoms with Crippen LogP contribution in [0.3, 0.4) is 0 Å². The van der Waals surface area contributed by atoms with Gasteiger partial charge in [-0.2, -0.15) is 0 Å². The summed E-state index contributed by atoms with van der Waals surface area (Å²) in [7, 11) is 0. The van der Waals surface area contributed by atoms with Crippen LogP contribution in [0.2, 0.25) is 0 Å². The molecule has 6 heteroatoms. The first-order valence-corrected chi connectivity index (χ1v) is 10.2. The highest BCUT2D eigenvalue weighted by molar-refractivity contribution is 7.16. The summed E-state index contributed by atoms with van der Waals surface area (Å²) in [5, 5.41) is 13.0. The Labute approximate surface area is 169 Å². The summed E-state index contributed by atoms with van der Waals surface area (Å²) >= 11 is 1.42. The molecule has 5 nitrogen and oxygen atoms in total. The number of rotatable bonds is 4. The van der Waals surface area contributed by atoms with Gasteiger partial charge in [-0.25, -0.2) is 4.98 Å². The summed E-state index contributed by atoms with van der Waals surface area (Å²) < 4.78 is 0. The van der Waals surface area contributed by atoms with Crippen molar-refractivity contribution in [1.82, 2.24) is 4.98 Å². The first-order chi connectivity index (χ1) is 13.2. The van der Waals surface area contributed by atoms with E-state index >= 15 is 0 Å². The monoisotopic (exact) mass is 398 g/mol. The number of amides is 1. The zero-order valence-electron chi connectivity index (χ0n) is 16.9. The fourth-order valence-corrected chi connectivity index (χ4v) is 4.64. The van der Waals surface area contributed by atoms with Crippen molar-refractivity contribution in [3.05, 3.63) is 45.3 Å². The number of aryl methyl sites for hydroxylation is 3. The second-order valence-electron chi connectivity index (χ2n) is 7.75. The second kappa shape index (κ2) is 7.87. The van der Waals surface area contributed by atoms with E-state index in [0.29, 0.717) is 18.0 Å². The molecule has 1 aliphatic rings. The van der Waals surface area contributed by atoms with E-state index < -0.39 is 17.8 Å². The van der Waals surface area contributed by atoms with Crippen LogP contribution in [0.25, 0.3) is 11.3 Å². The highest BCUT2D eigenvalue weighted by Gasteiger charge is 2.37. The Bertz CT molecular complexity index is 974. The van der Waals surface area contributed by atoms with Crippen molar-refractivity contribution in [3.63, 3.8) is 0 Å². The number of anilines is 1. The number of thiazole rings is 1. The van der Waals surface area contributed by atoms with Crippen LogP contribution in [0, 0.1) is 32.6 Å². The Balaban J connectivity index is 1.84. The molecule has 0 saturated carbocycles. The maximum atomic E-state index is 12.9. The van der Waals surface area contributed by atoms with E-state index in [0.717, 1.165) is 32.8 Å². The van der Waals surface area contributed by atoms with Gasteiger partial charge in [-0.15, -0.1) is 11.3 Å². The van der Waals surface area contributed by atoms with E-state index in [4.69, 9.17) is 0 Å². The molecule has 1 aromatic carbocycles. The highest BCUT2D eigenvalue weighted by atomic mass is 32.1. The van der Waals surface area contributed by atoms with Crippen molar-refractivity contribution < 1.29 is 14.7 Å². The number of aliphatic carboxylic acids is 1. The lowest BCUT2D eigenvalue weighted by Gasteiger charge is -2.29. The Kier molecular flexibility index (Phi) is 5.70. The van der Waals surface area contributed by atoms with Crippen LogP contribution in [-0.2, 0) is 9.59 Å². The number of carboxylic acid groups (broad SMARTS) is 1. The quantitative estimate of drug-likeness (QED) is 0.701. The summed E-state index contributed by atoms with van der Waals surface area (Å²) in [6.07, 6.45) is 0.896. The minimum absolute atomic E-state index is 0.264. The average molecular weight is 399 g/mol. The Morgan fingerprint density at radius 1 is 1.07 bits per heavy atom. The number of aromatic nitrogens is 1. The van der Waals surface area contributed by atoms with E-state index in [9.17, 15) is 14.7 Å². The third kappa shape index (κ3) is 4.02. The van der Waals surface area contributed by atoms with Gasteiger partial charge in [-0.05, 0) is 53.0 Å². The van der Waals surface area contributed by atoms with Gasteiger partial charge in [0.2, 0.25) is 5.91 Å². The van der Waals surface area contributed by atoms with Gasteiger partial charge in [0, 0.05) is 10.4 Å². The van der Waals surface area contributed by atoms with Crippen LogP contribution in [0.1, 0.15) is 42.7 Å². The lowest BCUT2D eigenvalue weighted by molar-refractivity contribution is -0.146. The molecule has 1 amide bonds. The maximum absolute atomic E-state index is 12.9. The highest BCUT2D eigenvalue weighted by Crippen LogP contribution is 2.37. The van der Waals surface area contributed by atoms with Gasteiger partial charge < -0.3 is 10.4 Å². The number of carbonyl (C=O) groups excluding carboxylic acids is 1. The molecule has 2 N–H and O–H groups in total. The molecule has 148 valence electrons. The molecule has 0 saturated heterocycles. The van der Waals surface area contributed by atoms with E-state index in [1.807, 2.05) is 20.8 Å². The van der Waals surface area contributed by atoms with Crippen LogP contribution < -0.4 is 5.32 Å². The molecular formula is C22H26N2O3S. The van der Waals surface area contributed by atoms with Crippen LogP contribution in [-0.4, -0.2) is 22.0 Å². The van der Waals surface area contributed by atoms with E-state index in [-0.39, 0.29) is 5.91 Å². The number of nitrogens with one attached hydrogen (secondary N) is 1. The van der Waals surface area contributed by atoms with Gasteiger partial charge in [-0.1, -0.05) is 34.9 Å². The summed E-state index contributed by atoms with van der Waals surface area (Å²) in [6, 6.07) is 6.22. The predicted molar refractivity (Wildman–Crippen MR) is 113 cm³/mol. The fourth-order valence-electron chi connectivity index (χ4n) is 3.80. The van der Waals surface area contributed by atoms with Crippen molar-refractivity contribution in [2.24, 2.45) is 11.8 Å². The molecule has 1 aromatic heterocycles. The van der Waals surface area contributed by atoms with Crippen molar-refractivity contribution in [3.8, 4) is 11.3 Å². The molecule has 0 unspecified atom stereocenters. The lowest BCUT2D eigenvalue weighted by Crippen LogP contribution is -2.36. The van der Waals surface area contributed by atoms with E-state index in [1.54, 1.807) is 0 Å². The molecule has 2 atom stereocenters. The van der Waals surface area contributed by atoms with Gasteiger partial charge >= 0.3 is 5.97 Å². The van der Waals surface area contributed by atoms with Gasteiger partial charge in [0.1, 0.15) is 0 Å². The molecule has 0 fully saturated rings. The predicted octanol–water partition coefficient (Wildman–Crippen LogP) is 5.12. The standard InChI is InChI=1S/C22H26N2O3S/c1-11-6-7-16(14(4)8-11)19-15(5)28-22(23-19)24-20(25)17-9-12(2)13(3)10-18(17)21(26)27/h6-8,17-18H,9-10H2,1-5H3,(H,26,27)(H,23,24,25)/t17-,18-/m1/s1. The number of carbonyl (C=O) groups is 2. The van der Waals surface area contributed by atoms with Crippen LogP contribution >= 0.6 is 11.3 Å². The topological polar surface area (TPSA) is 79.3 Å². The van der Waals surface area contributed by atoms with E-state index in [1.165, 1.54) is 16.9 Å². The third-order valence-corrected chi connectivity index (χ3v) is 6.47. The number of allylic oxidation sites excluding steroid dienone is 2. The molecule has 28 heavy (non-hydrogen) atoms.